The van der Waals surface area contributed by atoms with Gasteiger partial charge in [0.1, 0.15) is 0 Å². The summed E-state index contributed by atoms with van der Waals surface area (Å²) >= 11 is 0. The maximum Gasteiger partial charge on any atom is 0.528 e. The van der Waals surface area contributed by atoms with Gasteiger partial charge in [-0.1, -0.05) is 0 Å². The van der Waals surface area contributed by atoms with E-state index >= 15 is 0 Å². The van der Waals surface area contributed by atoms with Gasteiger partial charge in [-0.15, -0.1) is 0 Å². The number of nitrogens with zero attached hydrogens (tertiary/aromatic N) is 2. The fourth-order valence-electron chi connectivity index (χ4n) is 0.565. The van der Waals surface area contributed by atoms with Gasteiger partial charge >= 0.3 is 7.12 Å². The zero-order valence-electron chi connectivity index (χ0n) is 5.93. The molecule has 0 radical (unpaired) electrons. The number of hydrogen-bond donors (Lipinski definition) is 2. The Morgan fingerprint density at radius 2 is 1.91 bits per heavy atom. The highest BCUT2D eigenvalue weighted by Crippen LogP contribution is 2.00. The summed E-state index contributed by atoms with van der Waals surface area (Å²) in [5.74, 6) is 0.481. The Kier molecular flexibility index (Phi) is 2.40. The van der Waals surface area contributed by atoms with E-state index in [0.717, 1.165) is 0 Å². The molecule has 1 heterocycles. The van der Waals surface area contributed by atoms with Crippen molar-refractivity contribution in [3.05, 3.63) is 12.4 Å². The number of aromatic nitrogens is 2. The average molecular weight is 154 g/mol. The highest BCUT2D eigenvalue weighted by molar-refractivity contribution is 6.56. The molecule has 5 nitrogen and oxygen atoms in total. The molecule has 0 unspecified atom stereocenters. The maximum absolute atomic E-state index is 8.58. The molecule has 11 heavy (non-hydrogen) atoms. The molecule has 1 rings (SSSR count). The maximum atomic E-state index is 8.58. The Labute approximate surface area is 63.8 Å². The number of rotatable bonds is 2. The van der Waals surface area contributed by atoms with E-state index in [-0.39, 0.29) is 5.72 Å². The molecule has 0 bridgehead atoms. The SMILES string of the molecule is COc1cnc(B(O)O)nc1. The summed E-state index contributed by atoms with van der Waals surface area (Å²) in [7, 11) is -0.144. The van der Waals surface area contributed by atoms with Crippen LogP contribution in [0.3, 0.4) is 0 Å². The van der Waals surface area contributed by atoms with E-state index < -0.39 is 7.12 Å². The molecule has 0 saturated carbocycles. The zero-order valence-corrected chi connectivity index (χ0v) is 5.93. The average Bonchev–Trinajstić information content (AvgIpc) is 2.05. The first-order valence-corrected chi connectivity index (χ1v) is 2.96. The summed E-state index contributed by atoms with van der Waals surface area (Å²) in [5.41, 5.74) is -0.0363. The first kappa shape index (κ1) is 7.97. The largest absolute Gasteiger partial charge is 0.528 e. The van der Waals surface area contributed by atoms with Crippen LogP contribution in [0.2, 0.25) is 0 Å². The lowest BCUT2D eigenvalue weighted by atomic mass is 9.91. The molecule has 0 fully saturated rings. The van der Waals surface area contributed by atoms with E-state index in [2.05, 4.69) is 9.97 Å². The molecule has 0 aromatic carbocycles. The summed E-state index contributed by atoms with van der Waals surface area (Å²) in [6.07, 6.45) is 2.73. The van der Waals surface area contributed by atoms with E-state index in [0.29, 0.717) is 5.75 Å². The molecule has 0 amide bonds. The third-order valence-corrected chi connectivity index (χ3v) is 1.11. The lowest BCUT2D eigenvalue weighted by Gasteiger charge is -1.98. The Bertz CT molecular complexity index is 226. The predicted octanol–water partition coefficient (Wildman–Crippen LogP) is -1.84. The van der Waals surface area contributed by atoms with Crippen LogP contribution in [0.5, 0.6) is 5.75 Å². The van der Waals surface area contributed by atoms with Crippen LogP contribution in [0, 0.1) is 0 Å². The summed E-state index contributed by atoms with van der Waals surface area (Å²) in [6.45, 7) is 0. The van der Waals surface area contributed by atoms with E-state index in [1.165, 1.54) is 19.5 Å². The van der Waals surface area contributed by atoms with Gasteiger partial charge in [-0.25, -0.2) is 9.97 Å². The molecule has 2 N–H and O–H groups in total. The monoisotopic (exact) mass is 154 g/mol. The van der Waals surface area contributed by atoms with Crippen molar-refractivity contribution in [1.82, 2.24) is 9.97 Å². The van der Waals surface area contributed by atoms with Crippen molar-refractivity contribution in [2.75, 3.05) is 7.11 Å². The molecule has 0 spiro atoms. The normalized spacial score (nSPS) is 9.36. The van der Waals surface area contributed by atoms with Crippen molar-refractivity contribution in [3.63, 3.8) is 0 Å². The van der Waals surface area contributed by atoms with Gasteiger partial charge in [-0.2, -0.15) is 0 Å². The number of hydrogen-bond acceptors (Lipinski definition) is 5. The fraction of sp³-hybridized carbons (Fsp3) is 0.200. The lowest BCUT2D eigenvalue weighted by molar-refractivity contribution is 0.408. The van der Waals surface area contributed by atoms with Gasteiger partial charge in [0.25, 0.3) is 0 Å². The van der Waals surface area contributed by atoms with Crippen LogP contribution in [0.15, 0.2) is 12.4 Å². The van der Waals surface area contributed by atoms with E-state index in [9.17, 15) is 0 Å². The fourth-order valence-corrected chi connectivity index (χ4v) is 0.565. The van der Waals surface area contributed by atoms with Gasteiger partial charge in [0.15, 0.2) is 11.5 Å². The summed E-state index contributed by atoms with van der Waals surface area (Å²) < 4.78 is 4.76. The van der Waals surface area contributed by atoms with Crippen LogP contribution in [0.4, 0.5) is 0 Å². The zero-order chi connectivity index (χ0) is 8.27. The molecule has 1 aromatic heterocycles. The molecule has 6 heteroatoms. The second-order valence-electron chi connectivity index (χ2n) is 1.85. The molecule has 0 saturated heterocycles. The highest BCUT2D eigenvalue weighted by atomic mass is 16.5. The molecule has 58 valence electrons. The smallest absolute Gasteiger partial charge is 0.494 e. The van der Waals surface area contributed by atoms with Crippen LogP contribution in [-0.4, -0.2) is 34.2 Å². The van der Waals surface area contributed by atoms with E-state index in [1.807, 2.05) is 0 Å². The topological polar surface area (TPSA) is 75.5 Å². The van der Waals surface area contributed by atoms with Crippen LogP contribution < -0.4 is 10.5 Å². The standard InChI is InChI=1S/C5H7BN2O3/c1-11-4-2-7-5(6(9)10)8-3-4/h2-3,9-10H,1H3. The van der Waals surface area contributed by atoms with Crippen LogP contribution in [-0.2, 0) is 0 Å². The van der Waals surface area contributed by atoms with Crippen molar-refractivity contribution in [2.45, 2.75) is 0 Å². The molecular weight excluding hydrogens is 147 g/mol. The van der Waals surface area contributed by atoms with Crippen molar-refractivity contribution in [2.24, 2.45) is 0 Å². The van der Waals surface area contributed by atoms with Gasteiger partial charge in [-0.05, 0) is 0 Å². The first-order valence-electron chi connectivity index (χ1n) is 2.96. The van der Waals surface area contributed by atoms with Crippen LogP contribution in [0.25, 0.3) is 0 Å². The minimum Gasteiger partial charge on any atom is -0.494 e. The molecule has 0 aliphatic heterocycles. The summed E-state index contributed by atoms with van der Waals surface area (Å²) in [5, 5.41) is 17.2. The minimum absolute atomic E-state index is 0.0363. The lowest BCUT2D eigenvalue weighted by Crippen LogP contribution is -2.35. The Hall–Kier alpha value is -1.14. The van der Waals surface area contributed by atoms with Crippen LogP contribution in [0.1, 0.15) is 0 Å². The Balaban J connectivity index is 2.83. The van der Waals surface area contributed by atoms with Gasteiger partial charge in [0, 0.05) is 0 Å². The van der Waals surface area contributed by atoms with E-state index in [4.69, 9.17) is 14.8 Å². The van der Waals surface area contributed by atoms with Gasteiger partial charge in [0.05, 0.1) is 19.5 Å². The van der Waals surface area contributed by atoms with Gasteiger partial charge in [-0.3, -0.25) is 0 Å². The van der Waals surface area contributed by atoms with Crippen molar-refractivity contribution in [3.8, 4) is 5.75 Å². The quantitative estimate of drug-likeness (QED) is 0.489. The van der Waals surface area contributed by atoms with Gasteiger partial charge in [0.2, 0.25) is 0 Å². The molecule has 0 aliphatic carbocycles. The third-order valence-electron chi connectivity index (χ3n) is 1.11. The summed E-state index contributed by atoms with van der Waals surface area (Å²) in [6, 6.07) is 0. The third kappa shape index (κ3) is 1.89. The summed E-state index contributed by atoms with van der Waals surface area (Å²) in [4.78, 5) is 7.23. The number of methoxy groups -OCH3 is 1. The Morgan fingerprint density at radius 1 is 1.36 bits per heavy atom. The van der Waals surface area contributed by atoms with Crippen molar-refractivity contribution in [1.29, 1.82) is 0 Å². The highest BCUT2D eigenvalue weighted by Gasteiger charge is 2.13. The second kappa shape index (κ2) is 3.31. The second-order valence-corrected chi connectivity index (χ2v) is 1.85. The predicted molar refractivity (Wildman–Crippen MR) is 38.4 cm³/mol. The van der Waals surface area contributed by atoms with Crippen LogP contribution >= 0.6 is 0 Å². The molecular formula is C5H7BN2O3. The van der Waals surface area contributed by atoms with Gasteiger partial charge < -0.3 is 14.8 Å². The molecule has 0 atom stereocenters. The first-order chi connectivity index (χ1) is 5.24. The Morgan fingerprint density at radius 3 is 2.27 bits per heavy atom. The van der Waals surface area contributed by atoms with Crippen molar-refractivity contribution >= 4 is 12.8 Å². The van der Waals surface area contributed by atoms with Crippen molar-refractivity contribution < 1.29 is 14.8 Å². The molecule has 1 aromatic rings. The van der Waals surface area contributed by atoms with E-state index in [1.54, 1.807) is 0 Å². The number of ether oxygens (including phenoxy) is 1. The molecule has 0 aliphatic rings. The minimum atomic E-state index is -1.62.